The van der Waals surface area contributed by atoms with Gasteiger partial charge in [-0.3, -0.25) is 9.48 Å². The maximum atomic E-state index is 12.3. The first kappa shape index (κ1) is 14.0. The third kappa shape index (κ3) is 2.94. The number of aryl methyl sites for hydroxylation is 2. The molecule has 1 aliphatic rings. The molecule has 5 nitrogen and oxygen atoms in total. The van der Waals surface area contributed by atoms with Crippen LogP contribution in [0, 0.1) is 12.8 Å². The Morgan fingerprint density at radius 3 is 3.00 bits per heavy atom. The van der Waals surface area contributed by atoms with Gasteiger partial charge < -0.3 is 11.1 Å². The fourth-order valence-electron chi connectivity index (χ4n) is 2.69. The Morgan fingerprint density at radius 1 is 1.63 bits per heavy atom. The van der Waals surface area contributed by atoms with Crippen LogP contribution in [-0.4, -0.2) is 26.7 Å². The molecule has 1 aromatic heterocycles. The first-order valence-corrected chi connectivity index (χ1v) is 7.08. The summed E-state index contributed by atoms with van der Waals surface area (Å²) < 4.78 is 1.72. The molecule has 2 unspecified atom stereocenters. The van der Waals surface area contributed by atoms with E-state index in [9.17, 15) is 4.79 Å². The summed E-state index contributed by atoms with van der Waals surface area (Å²) in [6, 6.07) is 1.87. The molecule has 1 amide bonds. The normalized spacial score (nSPS) is 22.4. The third-order valence-corrected chi connectivity index (χ3v) is 3.93. The number of amides is 1. The summed E-state index contributed by atoms with van der Waals surface area (Å²) in [6.45, 7) is 4.53. The van der Waals surface area contributed by atoms with E-state index in [-0.39, 0.29) is 17.9 Å². The van der Waals surface area contributed by atoms with Gasteiger partial charge in [0.2, 0.25) is 0 Å². The standard InChI is InChI=1S/C13H20N4OS/c1-3-17-11(7-8(2)16-17)13(18)15-10-6-4-5-9(10)12(14)19/h7,9-10H,3-6H2,1-2H3,(H2,14,19)(H,15,18). The number of nitrogens with zero attached hydrogens (tertiary/aromatic N) is 2. The SMILES string of the molecule is CCn1nc(C)cc1C(=O)NC1CCCC1C(N)=S. The lowest BCUT2D eigenvalue weighted by Gasteiger charge is -2.20. The molecule has 3 N–H and O–H groups in total. The molecule has 1 heterocycles. The predicted octanol–water partition coefficient (Wildman–Crippen LogP) is 1.40. The van der Waals surface area contributed by atoms with E-state index in [0.717, 1.165) is 25.0 Å². The van der Waals surface area contributed by atoms with Crippen LogP contribution in [0.2, 0.25) is 0 Å². The molecule has 0 aromatic carbocycles. The van der Waals surface area contributed by atoms with Crippen molar-refractivity contribution < 1.29 is 4.79 Å². The van der Waals surface area contributed by atoms with Crippen LogP contribution in [-0.2, 0) is 6.54 Å². The van der Waals surface area contributed by atoms with Crippen molar-refractivity contribution in [1.29, 1.82) is 0 Å². The molecule has 0 aliphatic heterocycles. The summed E-state index contributed by atoms with van der Waals surface area (Å²) in [5.74, 6) is 0.0358. The number of carbonyl (C=O) groups excluding carboxylic acids is 1. The van der Waals surface area contributed by atoms with Gasteiger partial charge in [-0.2, -0.15) is 5.10 Å². The number of nitrogens with one attached hydrogen (secondary N) is 1. The van der Waals surface area contributed by atoms with Gasteiger partial charge >= 0.3 is 0 Å². The van der Waals surface area contributed by atoms with Crippen molar-refractivity contribution >= 4 is 23.1 Å². The smallest absolute Gasteiger partial charge is 0.269 e. The maximum Gasteiger partial charge on any atom is 0.269 e. The summed E-state index contributed by atoms with van der Waals surface area (Å²) in [6.07, 6.45) is 2.96. The van der Waals surface area contributed by atoms with Gasteiger partial charge in [0, 0.05) is 18.5 Å². The van der Waals surface area contributed by atoms with E-state index < -0.39 is 0 Å². The Bertz CT molecular complexity index is 497. The third-order valence-electron chi connectivity index (χ3n) is 3.63. The van der Waals surface area contributed by atoms with E-state index in [1.165, 1.54) is 0 Å². The Morgan fingerprint density at radius 2 is 2.37 bits per heavy atom. The fraction of sp³-hybridized carbons (Fsp3) is 0.615. The van der Waals surface area contributed by atoms with Crippen LogP contribution in [0.15, 0.2) is 6.07 Å². The topological polar surface area (TPSA) is 72.9 Å². The zero-order valence-corrected chi connectivity index (χ0v) is 12.2. The van der Waals surface area contributed by atoms with Crippen LogP contribution in [0.3, 0.4) is 0 Å². The van der Waals surface area contributed by atoms with Crippen molar-refractivity contribution in [1.82, 2.24) is 15.1 Å². The molecule has 6 heteroatoms. The molecule has 1 fully saturated rings. The van der Waals surface area contributed by atoms with E-state index in [4.69, 9.17) is 18.0 Å². The lowest BCUT2D eigenvalue weighted by molar-refractivity contribution is 0.0923. The van der Waals surface area contributed by atoms with Gasteiger partial charge in [-0.15, -0.1) is 0 Å². The Hall–Kier alpha value is -1.43. The van der Waals surface area contributed by atoms with Crippen molar-refractivity contribution in [3.8, 4) is 0 Å². The molecule has 0 spiro atoms. The van der Waals surface area contributed by atoms with Crippen LogP contribution in [0.5, 0.6) is 0 Å². The molecule has 104 valence electrons. The van der Waals surface area contributed by atoms with Crippen molar-refractivity contribution in [3.05, 3.63) is 17.5 Å². The maximum absolute atomic E-state index is 12.3. The van der Waals surface area contributed by atoms with Crippen molar-refractivity contribution in [2.45, 2.75) is 45.7 Å². The second-order valence-corrected chi connectivity index (χ2v) is 5.48. The highest BCUT2D eigenvalue weighted by molar-refractivity contribution is 7.80. The highest BCUT2D eigenvalue weighted by atomic mass is 32.1. The zero-order chi connectivity index (χ0) is 14.0. The summed E-state index contributed by atoms with van der Waals surface area (Å²) in [5.41, 5.74) is 7.18. The van der Waals surface area contributed by atoms with E-state index in [1.807, 2.05) is 19.9 Å². The van der Waals surface area contributed by atoms with Gasteiger partial charge in [-0.05, 0) is 32.8 Å². The Labute approximate surface area is 118 Å². The second-order valence-electron chi connectivity index (χ2n) is 5.01. The lowest BCUT2D eigenvalue weighted by atomic mass is 10.0. The first-order valence-electron chi connectivity index (χ1n) is 6.67. The number of thiocarbonyl (C=S) groups is 1. The average Bonchev–Trinajstić information content (AvgIpc) is 2.95. The summed E-state index contributed by atoms with van der Waals surface area (Å²) >= 11 is 5.06. The minimum atomic E-state index is -0.0874. The zero-order valence-electron chi connectivity index (χ0n) is 11.3. The number of hydrogen-bond acceptors (Lipinski definition) is 3. The molecule has 19 heavy (non-hydrogen) atoms. The first-order chi connectivity index (χ1) is 9.02. The molecule has 1 saturated carbocycles. The minimum Gasteiger partial charge on any atom is -0.393 e. The Balaban J connectivity index is 2.10. The lowest BCUT2D eigenvalue weighted by Crippen LogP contribution is -2.42. The quantitative estimate of drug-likeness (QED) is 0.818. The van der Waals surface area contributed by atoms with Crippen LogP contribution >= 0.6 is 12.2 Å². The van der Waals surface area contributed by atoms with Crippen molar-refractivity contribution in [3.63, 3.8) is 0 Å². The predicted molar refractivity (Wildman–Crippen MR) is 78.0 cm³/mol. The molecular formula is C13H20N4OS. The molecule has 1 aliphatic carbocycles. The molecular weight excluding hydrogens is 260 g/mol. The van der Waals surface area contributed by atoms with Gasteiger partial charge in [0.05, 0.1) is 10.7 Å². The molecule has 2 rings (SSSR count). The van der Waals surface area contributed by atoms with Gasteiger partial charge in [0.25, 0.3) is 5.91 Å². The van der Waals surface area contributed by atoms with Gasteiger partial charge in [-0.25, -0.2) is 0 Å². The summed E-state index contributed by atoms with van der Waals surface area (Å²) in [7, 11) is 0. The Kier molecular flexibility index (Phi) is 4.19. The number of aromatic nitrogens is 2. The molecule has 2 atom stereocenters. The second kappa shape index (κ2) is 5.69. The van der Waals surface area contributed by atoms with Gasteiger partial charge in [-0.1, -0.05) is 18.6 Å². The van der Waals surface area contributed by atoms with E-state index in [1.54, 1.807) is 4.68 Å². The van der Waals surface area contributed by atoms with E-state index in [0.29, 0.717) is 17.2 Å². The highest BCUT2D eigenvalue weighted by Gasteiger charge is 2.31. The van der Waals surface area contributed by atoms with Gasteiger partial charge in [0.15, 0.2) is 0 Å². The van der Waals surface area contributed by atoms with E-state index >= 15 is 0 Å². The van der Waals surface area contributed by atoms with Gasteiger partial charge in [0.1, 0.15) is 5.69 Å². The largest absolute Gasteiger partial charge is 0.393 e. The minimum absolute atomic E-state index is 0.0607. The molecule has 0 bridgehead atoms. The van der Waals surface area contributed by atoms with Crippen LogP contribution in [0.1, 0.15) is 42.4 Å². The molecule has 0 saturated heterocycles. The van der Waals surface area contributed by atoms with Crippen molar-refractivity contribution in [2.75, 3.05) is 0 Å². The van der Waals surface area contributed by atoms with E-state index in [2.05, 4.69) is 10.4 Å². The fourth-order valence-corrected chi connectivity index (χ4v) is 2.97. The summed E-state index contributed by atoms with van der Waals surface area (Å²) in [5, 5.41) is 7.33. The number of rotatable bonds is 4. The van der Waals surface area contributed by atoms with Crippen molar-refractivity contribution in [2.24, 2.45) is 11.7 Å². The number of hydrogen-bond donors (Lipinski definition) is 2. The van der Waals surface area contributed by atoms with Crippen LogP contribution in [0.25, 0.3) is 0 Å². The highest BCUT2D eigenvalue weighted by Crippen LogP contribution is 2.26. The monoisotopic (exact) mass is 280 g/mol. The number of carbonyl (C=O) groups is 1. The van der Waals surface area contributed by atoms with Crippen LogP contribution < -0.4 is 11.1 Å². The number of nitrogens with two attached hydrogens (primary N) is 1. The average molecular weight is 280 g/mol. The molecule has 0 radical (unpaired) electrons. The molecule has 1 aromatic rings. The van der Waals surface area contributed by atoms with Crippen LogP contribution in [0.4, 0.5) is 0 Å². The summed E-state index contributed by atoms with van der Waals surface area (Å²) in [4.78, 5) is 12.8.